The van der Waals surface area contributed by atoms with Crippen molar-refractivity contribution in [3.8, 4) is 5.75 Å². The lowest BCUT2D eigenvalue weighted by Gasteiger charge is -2.31. The Morgan fingerprint density at radius 1 is 0.778 bits per heavy atom. The van der Waals surface area contributed by atoms with E-state index in [0.29, 0.717) is 11.4 Å². The number of hydrazine groups is 1. The van der Waals surface area contributed by atoms with E-state index in [0.717, 1.165) is 10.0 Å². The van der Waals surface area contributed by atoms with Crippen LogP contribution in [0.2, 0.25) is 20.1 Å². The van der Waals surface area contributed by atoms with Crippen molar-refractivity contribution in [1.82, 2.24) is 10.0 Å². The van der Waals surface area contributed by atoms with Crippen LogP contribution in [0.1, 0.15) is 37.5 Å². The number of benzene rings is 3. The molecule has 0 spiro atoms. The smallest absolute Gasteiger partial charge is 0.345 e. The Bertz CT molecular complexity index is 1740. The molecule has 14 heteroatoms. The van der Waals surface area contributed by atoms with E-state index in [4.69, 9.17) is 51.1 Å². The van der Waals surface area contributed by atoms with Crippen LogP contribution < -0.4 is 4.74 Å². The van der Waals surface area contributed by atoms with E-state index < -0.39 is 47.9 Å². The number of Topliss-reactive ketones (excluding diaryl/α,β-unsaturated/α-hetero) is 1. The molecule has 8 nitrogen and oxygen atoms in total. The third-order valence-electron chi connectivity index (χ3n) is 8.44. The first-order valence-corrected chi connectivity index (χ1v) is 16.9. The number of hydrogen-bond donors (Lipinski definition) is 0. The van der Waals surface area contributed by atoms with Gasteiger partial charge in [-0.2, -0.15) is 5.01 Å². The van der Waals surface area contributed by atoms with E-state index in [1.54, 1.807) is 0 Å². The number of hydrogen-bond acceptors (Lipinski definition) is 6. The van der Waals surface area contributed by atoms with E-state index in [9.17, 15) is 24.0 Å². The summed E-state index contributed by atoms with van der Waals surface area (Å²) in [7, 11) is 0. The molecule has 0 radical (unpaired) electrons. The molecule has 0 aromatic heterocycles. The van der Waals surface area contributed by atoms with Gasteiger partial charge in [-0.05, 0) is 78.9 Å². The summed E-state index contributed by atoms with van der Waals surface area (Å²) in [6, 6.07) is 14.1. The second-order valence-electron chi connectivity index (χ2n) is 10.9. The molecule has 0 unspecified atom stereocenters. The van der Waals surface area contributed by atoms with Gasteiger partial charge in [-0.25, -0.2) is 9.80 Å². The minimum absolute atomic E-state index is 0.00959. The average Bonchev–Trinajstić information content (AvgIpc) is 3.62. The standard InChI is InChI=1S/C31H20Br2Cl4N2O6/c32-26-18-11-19(27(26)33)25-24(18)29(42)39(30(25)43)38(28(41)14-3-8-20(35)22(37)9-14)12-23(40)13-1-5-16(6-2-13)45-31(44)17-7-4-15(34)10-21(17)36/h1-10,18-19,24-27H,11-12H2/t18-,19-,24-,25-,26+,27+/m1/s1. The Hall–Kier alpha value is -2.47. The molecule has 6 rings (SSSR count). The fraction of sp³-hybridized carbons (Fsp3) is 0.258. The van der Waals surface area contributed by atoms with Crippen molar-refractivity contribution in [3.05, 3.63) is 97.4 Å². The van der Waals surface area contributed by atoms with Crippen molar-refractivity contribution in [2.75, 3.05) is 6.54 Å². The van der Waals surface area contributed by atoms with Gasteiger partial charge < -0.3 is 4.74 Å². The van der Waals surface area contributed by atoms with Gasteiger partial charge in [0, 0.05) is 25.8 Å². The van der Waals surface area contributed by atoms with Crippen LogP contribution in [0.4, 0.5) is 0 Å². The number of rotatable bonds is 7. The number of nitrogens with zero attached hydrogens (tertiary/aromatic N) is 2. The van der Waals surface area contributed by atoms with E-state index in [-0.39, 0.29) is 59.0 Å². The maximum absolute atomic E-state index is 13.9. The SMILES string of the molecule is O=C(CN(C(=O)c1ccc(Cl)c(Cl)c1)N1C(=O)[C@@H]2[C@H]3C[C@@H]([C@H](Br)[C@H]3Br)[C@H]2C1=O)c1ccc(OC(=O)c2ccc(Cl)cc2Cl)cc1. The normalized spacial score (nSPS) is 25.0. The van der Waals surface area contributed by atoms with Crippen molar-refractivity contribution in [3.63, 3.8) is 0 Å². The predicted molar refractivity (Wildman–Crippen MR) is 176 cm³/mol. The van der Waals surface area contributed by atoms with Crippen LogP contribution in [0.15, 0.2) is 60.7 Å². The van der Waals surface area contributed by atoms with Gasteiger partial charge in [0.2, 0.25) is 0 Å². The fourth-order valence-corrected chi connectivity index (χ4v) is 8.99. The molecule has 3 aromatic rings. The van der Waals surface area contributed by atoms with Crippen LogP contribution >= 0.6 is 78.3 Å². The molecule has 3 aromatic carbocycles. The molecule has 1 aliphatic heterocycles. The zero-order chi connectivity index (χ0) is 32.3. The second-order valence-corrected chi connectivity index (χ2v) is 14.7. The maximum Gasteiger partial charge on any atom is 0.345 e. The molecule has 232 valence electrons. The first-order chi connectivity index (χ1) is 21.4. The van der Waals surface area contributed by atoms with Crippen molar-refractivity contribution < 1.29 is 28.7 Å². The van der Waals surface area contributed by atoms with Gasteiger partial charge in [0.25, 0.3) is 17.7 Å². The number of halogens is 6. The largest absolute Gasteiger partial charge is 0.423 e. The topological polar surface area (TPSA) is 101 Å². The summed E-state index contributed by atoms with van der Waals surface area (Å²) in [5.41, 5.74) is 0.289. The average molecular weight is 818 g/mol. The number of carbonyl (C=O) groups excluding carboxylic acids is 5. The Labute approximate surface area is 294 Å². The highest BCUT2D eigenvalue weighted by Crippen LogP contribution is 2.60. The first kappa shape index (κ1) is 32.5. The van der Waals surface area contributed by atoms with Crippen LogP contribution in [0.3, 0.4) is 0 Å². The van der Waals surface area contributed by atoms with Crippen molar-refractivity contribution in [2.24, 2.45) is 23.7 Å². The third-order valence-corrected chi connectivity index (χ3v) is 12.9. The van der Waals surface area contributed by atoms with Crippen LogP contribution in [-0.2, 0) is 9.59 Å². The lowest BCUT2D eigenvalue weighted by atomic mass is 9.81. The molecule has 45 heavy (non-hydrogen) atoms. The highest BCUT2D eigenvalue weighted by atomic mass is 79.9. The highest BCUT2D eigenvalue weighted by molar-refractivity contribution is 9.12. The van der Waals surface area contributed by atoms with Crippen molar-refractivity contribution in [1.29, 1.82) is 0 Å². The summed E-state index contributed by atoms with van der Waals surface area (Å²) in [4.78, 5) is 67.6. The Kier molecular flexibility index (Phi) is 9.10. The van der Waals surface area contributed by atoms with E-state index in [2.05, 4.69) is 31.9 Å². The number of ether oxygens (including phenoxy) is 1. The lowest BCUT2D eigenvalue weighted by Crippen LogP contribution is -2.52. The molecule has 3 amide bonds. The van der Waals surface area contributed by atoms with E-state index in [1.165, 1.54) is 60.7 Å². The number of ketones is 1. The van der Waals surface area contributed by atoms with E-state index >= 15 is 0 Å². The molecule has 3 fully saturated rings. The predicted octanol–water partition coefficient (Wildman–Crippen LogP) is 7.54. The lowest BCUT2D eigenvalue weighted by molar-refractivity contribution is -0.154. The molecule has 0 N–H and O–H groups in total. The minimum Gasteiger partial charge on any atom is -0.423 e. The summed E-state index contributed by atoms with van der Waals surface area (Å²) in [6.45, 7) is -0.625. The maximum atomic E-state index is 13.9. The Morgan fingerprint density at radius 3 is 1.96 bits per heavy atom. The molecule has 2 aliphatic carbocycles. The molecule has 1 heterocycles. The third kappa shape index (κ3) is 5.83. The van der Waals surface area contributed by atoms with Gasteiger partial charge in [0.15, 0.2) is 5.78 Å². The number of carbonyl (C=O) groups is 5. The van der Waals surface area contributed by atoms with Gasteiger partial charge in [-0.15, -0.1) is 0 Å². The van der Waals surface area contributed by atoms with E-state index in [1.807, 2.05) is 0 Å². The molecule has 1 saturated heterocycles. The molecule has 6 atom stereocenters. The summed E-state index contributed by atoms with van der Waals surface area (Å²) in [6.07, 6.45) is 0.702. The molecular formula is C31H20Br2Cl4N2O6. The minimum atomic E-state index is -0.771. The zero-order valence-electron chi connectivity index (χ0n) is 22.8. The highest BCUT2D eigenvalue weighted by Gasteiger charge is 2.67. The number of imide groups is 1. The quantitative estimate of drug-likeness (QED) is 0.0804. The molecular weight excluding hydrogens is 798 g/mol. The number of esters is 1. The molecule has 3 aliphatic rings. The number of alkyl halides is 2. The number of amides is 3. The summed E-state index contributed by atoms with van der Waals surface area (Å²) in [5, 5.41) is 2.49. The number of fused-ring (bicyclic) bond motifs is 5. The van der Waals surface area contributed by atoms with Crippen LogP contribution in [0.5, 0.6) is 5.75 Å². The van der Waals surface area contributed by atoms with Crippen LogP contribution in [0.25, 0.3) is 0 Å². The summed E-state index contributed by atoms with van der Waals surface area (Å²) < 4.78 is 5.38. The van der Waals surface area contributed by atoms with Crippen molar-refractivity contribution >= 4 is 108 Å². The summed E-state index contributed by atoms with van der Waals surface area (Å²) >= 11 is 31.5. The van der Waals surface area contributed by atoms with Gasteiger partial charge in [-0.3, -0.25) is 19.2 Å². The summed E-state index contributed by atoms with van der Waals surface area (Å²) in [5.74, 6) is -4.39. The van der Waals surface area contributed by atoms with Crippen molar-refractivity contribution in [2.45, 2.75) is 16.1 Å². The zero-order valence-corrected chi connectivity index (χ0v) is 29.0. The molecule has 2 saturated carbocycles. The van der Waals surface area contributed by atoms with Gasteiger partial charge >= 0.3 is 5.97 Å². The Balaban J connectivity index is 1.26. The monoisotopic (exact) mass is 814 g/mol. The first-order valence-electron chi connectivity index (χ1n) is 13.6. The fourth-order valence-electron chi connectivity index (χ4n) is 6.34. The molecule has 2 bridgehead atoms. The Morgan fingerprint density at radius 2 is 1.38 bits per heavy atom. The van der Waals surface area contributed by atoms with Gasteiger partial charge in [-0.1, -0.05) is 78.3 Å². The van der Waals surface area contributed by atoms with Gasteiger partial charge in [0.1, 0.15) is 12.3 Å². The van der Waals surface area contributed by atoms with Gasteiger partial charge in [0.05, 0.1) is 32.5 Å². The second kappa shape index (κ2) is 12.6. The van der Waals surface area contributed by atoms with Crippen LogP contribution in [-0.4, -0.2) is 55.7 Å². The van der Waals surface area contributed by atoms with Crippen LogP contribution in [0, 0.1) is 23.7 Å².